The Morgan fingerprint density at radius 1 is 1.06 bits per heavy atom. The first-order valence-electron chi connectivity index (χ1n) is 10.9. The Morgan fingerprint density at radius 3 is 2.58 bits per heavy atom. The van der Waals surface area contributed by atoms with E-state index in [1.54, 1.807) is 7.11 Å². The van der Waals surface area contributed by atoms with Crippen molar-refractivity contribution in [3.05, 3.63) is 47.5 Å². The zero-order chi connectivity index (χ0) is 21.8. The number of methoxy groups -OCH3 is 1. The van der Waals surface area contributed by atoms with E-state index < -0.39 is 0 Å². The Labute approximate surface area is 184 Å². The van der Waals surface area contributed by atoms with Crippen LogP contribution in [0.25, 0.3) is 0 Å². The Morgan fingerprint density at radius 2 is 1.84 bits per heavy atom. The van der Waals surface area contributed by atoms with E-state index in [-0.39, 0.29) is 5.91 Å². The summed E-state index contributed by atoms with van der Waals surface area (Å²) in [6.45, 7) is 9.61. The lowest BCUT2D eigenvalue weighted by Crippen LogP contribution is -2.51. The second-order valence-electron chi connectivity index (χ2n) is 8.01. The molecule has 0 N–H and O–H groups in total. The first-order chi connectivity index (χ1) is 15.1. The van der Waals surface area contributed by atoms with Crippen LogP contribution in [0.15, 0.2) is 36.4 Å². The lowest BCUT2D eigenvalue weighted by molar-refractivity contribution is -0.131. The SMILES string of the molecule is CCN(CC(=O)N1CCN(Cc2ccc3c(c2)OCO3)CC1)c1ccc(C)c(OC)c1. The summed E-state index contributed by atoms with van der Waals surface area (Å²) < 4.78 is 16.3. The van der Waals surface area contributed by atoms with Gasteiger partial charge in [0, 0.05) is 51.0 Å². The van der Waals surface area contributed by atoms with Crippen LogP contribution in [0.3, 0.4) is 0 Å². The summed E-state index contributed by atoms with van der Waals surface area (Å²) in [5, 5.41) is 0. The van der Waals surface area contributed by atoms with Crippen LogP contribution in [0.2, 0.25) is 0 Å². The number of fused-ring (bicyclic) bond motifs is 1. The highest BCUT2D eigenvalue weighted by Crippen LogP contribution is 2.33. The molecular weight excluding hydrogens is 394 g/mol. The van der Waals surface area contributed by atoms with E-state index in [9.17, 15) is 4.79 Å². The van der Waals surface area contributed by atoms with Crippen LogP contribution in [0.5, 0.6) is 17.2 Å². The molecule has 1 saturated heterocycles. The smallest absolute Gasteiger partial charge is 0.242 e. The maximum atomic E-state index is 13.0. The molecule has 2 aromatic rings. The topological polar surface area (TPSA) is 54.5 Å². The second-order valence-corrected chi connectivity index (χ2v) is 8.01. The summed E-state index contributed by atoms with van der Waals surface area (Å²) in [7, 11) is 1.68. The monoisotopic (exact) mass is 425 g/mol. The molecule has 0 atom stereocenters. The van der Waals surface area contributed by atoms with E-state index in [2.05, 4.69) is 34.9 Å². The summed E-state index contributed by atoms with van der Waals surface area (Å²) in [5.74, 6) is 2.65. The first-order valence-corrected chi connectivity index (χ1v) is 10.9. The predicted octanol–water partition coefficient (Wildman–Crippen LogP) is 2.90. The highest BCUT2D eigenvalue weighted by atomic mass is 16.7. The summed E-state index contributed by atoms with van der Waals surface area (Å²) >= 11 is 0. The molecule has 1 amide bonds. The number of rotatable bonds is 7. The molecule has 0 aliphatic carbocycles. The summed E-state index contributed by atoms with van der Waals surface area (Å²) in [4.78, 5) is 19.4. The number of benzene rings is 2. The van der Waals surface area contributed by atoms with E-state index in [1.807, 2.05) is 30.0 Å². The third-order valence-electron chi connectivity index (χ3n) is 6.03. The van der Waals surface area contributed by atoms with E-state index in [0.29, 0.717) is 13.3 Å². The number of carbonyl (C=O) groups excluding carboxylic acids is 1. The number of piperazine rings is 1. The molecule has 2 heterocycles. The molecule has 7 nitrogen and oxygen atoms in total. The number of nitrogens with zero attached hydrogens (tertiary/aromatic N) is 3. The molecule has 4 rings (SSSR count). The highest BCUT2D eigenvalue weighted by molar-refractivity contribution is 5.81. The van der Waals surface area contributed by atoms with Crippen LogP contribution in [0.1, 0.15) is 18.1 Å². The van der Waals surface area contributed by atoms with Gasteiger partial charge >= 0.3 is 0 Å². The molecule has 1 fully saturated rings. The molecule has 7 heteroatoms. The van der Waals surface area contributed by atoms with Gasteiger partial charge in [-0.25, -0.2) is 0 Å². The van der Waals surface area contributed by atoms with Crippen molar-refractivity contribution in [3.63, 3.8) is 0 Å². The molecule has 2 aromatic carbocycles. The molecule has 0 spiro atoms. The standard InChI is InChI=1S/C24H31N3O4/c1-4-26(20-7-5-18(2)22(14-20)29-3)16-24(28)27-11-9-25(10-12-27)15-19-6-8-21-23(13-19)31-17-30-21/h5-8,13-14H,4,9-12,15-17H2,1-3H3. The molecule has 2 aliphatic rings. The Bertz CT molecular complexity index is 925. The van der Waals surface area contributed by atoms with Crippen molar-refractivity contribution in [2.45, 2.75) is 20.4 Å². The maximum Gasteiger partial charge on any atom is 0.242 e. The Kier molecular flexibility index (Phi) is 6.51. The number of ether oxygens (including phenoxy) is 3. The van der Waals surface area contributed by atoms with E-state index in [0.717, 1.165) is 67.8 Å². The molecule has 0 bridgehead atoms. The minimum Gasteiger partial charge on any atom is -0.496 e. The minimum atomic E-state index is 0.170. The van der Waals surface area contributed by atoms with E-state index >= 15 is 0 Å². The molecule has 0 unspecified atom stereocenters. The Hall–Kier alpha value is -2.93. The van der Waals surface area contributed by atoms with Gasteiger partial charge in [0.05, 0.1) is 13.7 Å². The second kappa shape index (κ2) is 9.47. The average molecular weight is 426 g/mol. The number of amides is 1. The van der Waals surface area contributed by atoms with Crippen molar-refractivity contribution in [1.29, 1.82) is 0 Å². The first kappa shape index (κ1) is 21.3. The van der Waals surface area contributed by atoms with Gasteiger partial charge in [0.25, 0.3) is 0 Å². The van der Waals surface area contributed by atoms with E-state index in [1.165, 1.54) is 5.56 Å². The predicted molar refractivity (Wildman–Crippen MR) is 120 cm³/mol. The van der Waals surface area contributed by atoms with Crippen LogP contribution in [-0.2, 0) is 11.3 Å². The molecule has 2 aliphatic heterocycles. The van der Waals surface area contributed by atoms with Crippen LogP contribution < -0.4 is 19.1 Å². The fourth-order valence-electron chi connectivity index (χ4n) is 4.11. The summed E-state index contributed by atoms with van der Waals surface area (Å²) in [6, 6.07) is 12.2. The van der Waals surface area contributed by atoms with Crippen molar-refractivity contribution in [1.82, 2.24) is 9.80 Å². The lowest BCUT2D eigenvalue weighted by Gasteiger charge is -2.36. The number of likely N-dealkylation sites (N-methyl/N-ethyl adjacent to an activating group) is 1. The molecule has 166 valence electrons. The minimum absolute atomic E-state index is 0.170. The van der Waals surface area contributed by atoms with Crippen molar-refractivity contribution >= 4 is 11.6 Å². The quantitative estimate of drug-likeness (QED) is 0.680. The van der Waals surface area contributed by atoms with Crippen molar-refractivity contribution in [3.8, 4) is 17.2 Å². The average Bonchev–Trinajstić information content (AvgIpc) is 3.26. The molecule has 31 heavy (non-hydrogen) atoms. The number of aryl methyl sites for hydroxylation is 1. The van der Waals surface area contributed by atoms with Gasteiger partial charge in [-0.05, 0) is 43.2 Å². The lowest BCUT2D eigenvalue weighted by atomic mass is 10.1. The van der Waals surface area contributed by atoms with Gasteiger partial charge in [0.2, 0.25) is 12.7 Å². The number of carbonyl (C=O) groups is 1. The van der Waals surface area contributed by atoms with E-state index in [4.69, 9.17) is 14.2 Å². The van der Waals surface area contributed by atoms with Gasteiger partial charge in [-0.3, -0.25) is 9.69 Å². The van der Waals surface area contributed by atoms with Gasteiger partial charge in [0.15, 0.2) is 11.5 Å². The van der Waals surface area contributed by atoms with Crippen molar-refractivity contribution in [2.75, 3.05) is 58.1 Å². The van der Waals surface area contributed by atoms with Crippen LogP contribution in [0, 0.1) is 6.92 Å². The van der Waals surface area contributed by atoms with Crippen LogP contribution in [0.4, 0.5) is 5.69 Å². The number of hydrogen-bond acceptors (Lipinski definition) is 6. The molecule has 0 saturated carbocycles. The fraction of sp³-hybridized carbons (Fsp3) is 0.458. The third-order valence-corrected chi connectivity index (χ3v) is 6.03. The summed E-state index contributed by atoms with van der Waals surface area (Å²) in [6.07, 6.45) is 0. The van der Waals surface area contributed by atoms with Crippen molar-refractivity contribution < 1.29 is 19.0 Å². The van der Waals surface area contributed by atoms with Crippen LogP contribution in [-0.4, -0.2) is 68.9 Å². The molecular formula is C24H31N3O4. The molecule has 0 radical (unpaired) electrons. The normalized spacial score (nSPS) is 15.8. The number of hydrogen-bond donors (Lipinski definition) is 0. The maximum absolute atomic E-state index is 13.0. The van der Waals surface area contributed by atoms with Gasteiger partial charge in [0.1, 0.15) is 5.75 Å². The number of anilines is 1. The fourth-order valence-corrected chi connectivity index (χ4v) is 4.11. The van der Waals surface area contributed by atoms with Gasteiger partial charge in [-0.1, -0.05) is 12.1 Å². The third kappa shape index (κ3) is 4.88. The van der Waals surface area contributed by atoms with Gasteiger partial charge in [-0.2, -0.15) is 0 Å². The molecule has 0 aromatic heterocycles. The largest absolute Gasteiger partial charge is 0.496 e. The Balaban J connectivity index is 1.30. The zero-order valence-electron chi connectivity index (χ0n) is 18.6. The van der Waals surface area contributed by atoms with Gasteiger partial charge < -0.3 is 24.0 Å². The summed E-state index contributed by atoms with van der Waals surface area (Å²) in [5.41, 5.74) is 3.31. The zero-order valence-corrected chi connectivity index (χ0v) is 18.6. The highest BCUT2D eigenvalue weighted by Gasteiger charge is 2.23. The van der Waals surface area contributed by atoms with Crippen LogP contribution >= 0.6 is 0 Å². The van der Waals surface area contributed by atoms with Gasteiger partial charge in [-0.15, -0.1) is 0 Å². The van der Waals surface area contributed by atoms with Crippen molar-refractivity contribution in [2.24, 2.45) is 0 Å².